The molecule has 0 heterocycles. The lowest BCUT2D eigenvalue weighted by Crippen LogP contribution is -2.52. The van der Waals surface area contributed by atoms with Crippen LogP contribution in [0.1, 0.15) is 39.2 Å². The van der Waals surface area contributed by atoms with Crippen molar-refractivity contribution < 1.29 is 14.0 Å². The number of rotatable bonds is 10. The van der Waals surface area contributed by atoms with E-state index in [1.807, 2.05) is 13.0 Å². The number of benzene rings is 1. The molecule has 3 heteroatoms. The molecule has 0 amide bonds. The van der Waals surface area contributed by atoms with Crippen molar-refractivity contribution >= 4 is 5.97 Å². The van der Waals surface area contributed by atoms with Gasteiger partial charge in [0.05, 0.1) is 13.1 Å². The molecule has 0 N–H and O–H groups in total. The van der Waals surface area contributed by atoms with E-state index < -0.39 is 0 Å². The minimum Gasteiger partial charge on any atom is -0.454 e. The van der Waals surface area contributed by atoms with Crippen LogP contribution in [0, 0.1) is 0 Å². The average molecular weight is 304 g/mol. The van der Waals surface area contributed by atoms with E-state index >= 15 is 0 Å². The van der Waals surface area contributed by atoms with E-state index in [0.29, 0.717) is 0 Å². The van der Waals surface area contributed by atoms with Crippen LogP contribution in [0.4, 0.5) is 0 Å². The summed E-state index contributed by atoms with van der Waals surface area (Å²) < 4.78 is 6.35. The first kappa shape index (κ1) is 18.4. The zero-order valence-electron chi connectivity index (χ0n) is 14.3. The molecule has 0 saturated heterocycles. The van der Waals surface area contributed by atoms with Crippen LogP contribution in [0.3, 0.4) is 0 Å². The van der Waals surface area contributed by atoms with E-state index in [1.165, 1.54) is 24.5 Å². The number of nitrogens with zero attached hydrogens (tertiary/aromatic N) is 1. The van der Waals surface area contributed by atoms with Crippen LogP contribution in [0.25, 0.3) is 0 Å². The highest BCUT2D eigenvalue weighted by molar-refractivity contribution is 5.81. The van der Waals surface area contributed by atoms with Gasteiger partial charge in [0.1, 0.15) is 19.2 Å². The van der Waals surface area contributed by atoms with Gasteiger partial charge in [-0.3, -0.25) is 0 Å². The van der Waals surface area contributed by atoms with Gasteiger partial charge in [0.15, 0.2) is 0 Å². The van der Waals surface area contributed by atoms with Crippen LogP contribution in [0.5, 0.6) is 0 Å². The monoisotopic (exact) mass is 304 g/mol. The minimum absolute atomic E-state index is 0.106. The first-order valence-corrected chi connectivity index (χ1v) is 8.27. The largest absolute Gasteiger partial charge is 0.454 e. The fourth-order valence-electron chi connectivity index (χ4n) is 2.93. The zero-order valence-corrected chi connectivity index (χ0v) is 14.3. The summed E-state index contributed by atoms with van der Waals surface area (Å²) in [5, 5.41) is 0. The quantitative estimate of drug-likeness (QED) is 0.372. The molecule has 0 bridgehead atoms. The normalized spacial score (nSPS) is 14.9. The summed E-state index contributed by atoms with van der Waals surface area (Å²) in [4.78, 5) is 11.4. The fraction of sp³-hybridized carbons (Fsp3) is 0.526. The Balaban J connectivity index is 2.84. The second-order valence-electron chi connectivity index (χ2n) is 6.01. The van der Waals surface area contributed by atoms with Crippen molar-refractivity contribution in [2.45, 2.75) is 46.3 Å². The van der Waals surface area contributed by atoms with Crippen molar-refractivity contribution in [3.05, 3.63) is 48.6 Å². The van der Waals surface area contributed by atoms with E-state index in [0.717, 1.165) is 30.7 Å². The first-order valence-electron chi connectivity index (χ1n) is 8.27. The minimum atomic E-state index is -0.336. The Morgan fingerprint density at radius 3 is 2.55 bits per heavy atom. The Morgan fingerprint density at radius 2 is 2.00 bits per heavy atom. The molecule has 1 aromatic carbocycles. The van der Waals surface area contributed by atoms with E-state index in [-0.39, 0.29) is 12.1 Å². The Labute approximate surface area is 135 Å². The molecule has 0 radical (unpaired) electrons. The molecule has 1 rings (SSSR count). The molecule has 0 aliphatic rings. The third-order valence-corrected chi connectivity index (χ3v) is 4.15. The van der Waals surface area contributed by atoms with Crippen LogP contribution in [0.2, 0.25) is 0 Å². The lowest BCUT2D eigenvalue weighted by atomic mass is 10.1. The number of ether oxygens (including phenoxy) is 1. The van der Waals surface area contributed by atoms with Gasteiger partial charge in [0, 0.05) is 11.6 Å². The average Bonchev–Trinajstić information content (AvgIpc) is 2.53. The lowest BCUT2D eigenvalue weighted by molar-refractivity contribution is -0.941. The van der Waals surface area contributed by atoms with Crippen molar-refractivity contribution in [3.63, 3.8) is 0 Å². The third kappa shape index (κ3) is 6.02. The second-order valence-corrected chi connectivity index (χ2v) is 6.01. The molecule has 0 aliphatic heterocycles. The van der Waals surface area contributed by atoms with Gasteiger partial charge in [-0.25, -0.2) is 4.79 Å². The summed E-state index contributed by atoms with van der Waals surface area (Å²) >= 11 is 0. The zero-order chi connectivity index (χ0) is 16.4. The molecule has 0 aliphatic carbocycles. The SMILES string of the molecule is C=CC(=O)OC(C)C[N+](CC)(CCCC)Cc1ccccc1. The maximum Gasteiger partial charge on any atom is 0.330 e. The van der Waals surface area contributed by atoms with Gasteiger partial charge in [-0.1, -0.05) is 50.3 Å². The predicted molar refractivity (Wildman–Crippen MR) is 91.3 cm³/mol. The lowest BCUT2D eigenvalue weighted by Gasteiger charge is -2.39. The van der Waals surface area contributed by atoms with Crippen LogP contribution in [-0.2, 0) is 16.1 Å². The molecular weight excluding hydrogens is 274 g/mol. The van der Waals surface area contributed by atoms with Gasteiger partial charge in [0.2, 0.25) is 0 Å². The van der Waals surface area contributed by atoms with Crippen molar-refractivity contribution in [1.29, 1.82) is 0 Å². The van der Waals surface area contributed by atoms with Crippen molar-refractivity contribution in [3.8, 4) is 0 Å². The number of carbonyl (C=O) groups is 1. The maximum absolute atomic E-state index is 11.4. The Morgan fingerprint density at radius 1 is 1.32 bits per heavy atom. The Kier molecular flexibility index (Phi) is 7.89. The third-order valence-electron chi connectivity index (χ3n) is 4.15. The highest BCUT2D eigenvalue weighted by atomic mass is 16.5. The summed E-state index contributed by atoms with van der Waals surface area (Å²) in [6.45, 7) is 13.8. The van der Waals surface area contributed by atoms with Gasteiger partial charge in [-0.2, -0.15) is 0 Å². The van der Waals surface area contributed by atoms with Gasteiger partial charge >= 0.3 is 5.97 Å². The molecule has 2 atom stereocenters. The molecule has 1 aromatic rings. The predicted octanol–water partition coefficient (Wildman–Crippen LogP) is 3.94. The molecule has 3 nitrogen and oxygen atoms in total. The van der Waals surface area contributed by atoms with Crippen molar-refractivity contribution in [2.75, 3.05) is 19.6 Å². The molecule has 0 spiro atoms. The molecule has 0 saturated carbocycles. The van der Waals surface area contributed by atoms with Crippen LogP contribution in [-0.4, -0.2) is 36.2 Å². The second kappa shape index (κ2) is 9.42. The van der Waals surface area contributed by atoms with Gasteiger partial charge in [-0.15, -0.1) is 0 Å². The summed E-state index contributed by atoms with van der Waals surface area (Å²) in [5.41, 5.74) is 1.34. The maximum atomic E-state index is 11.4. The summed E-state index contributed by atoms with van der Waals surface area (Å²) in [6, 6.07) is 10.6. The Bertz CT molecular complexity index is 458. The van der Waals surface area contributed by atoms with Gasteiger partial charge in [0.25, 0.3) is 0 Å². The molecule has 0 fully saturated rings. The number of hydrogen-bond donors (Lipinski definition) is 0. The smallest absolute Gasteiger partial charge is 0.330 e. The van der Waals surface area contributed by atoms with Crippen molar-refractivity contribution in [2.24, 2.45) is 0 Å². The summed E-state index contributed by atoms with van der Waals surface area (Å²) in [5.74, 6) is -0.336. The molecular formula is C19H30NO2+. The van der Waals surface area contributed by atoms with Crippen LogP contribution < -0.4 is 0 Å². The number of esters is 1. The standard InChI is InChI=1S/C19H30NO2/c1-5-8-14-20(7-3,15-17(4)22-19(21)6-2)16-18-12-10-9-11-13-18/h6,9-13,17H,2,5,7-8,14-16H2,1,3-4H3/q+1. The number of quaternary nitrogens is 1. The molecule has 2 unspecified atom stereocenters. The van der Waals surface area contributed by atoms with Gasteiger partial charge in [-0.05, 0) is 20.3 Å². The topological polar surface area (TPSA) is 26.3 Å². The highest BCUT2D eigenvalue weighted by Crippen LogP contribution is 2.18. The fourth-order valence-corrected chi connectivity index (χ4v) is 2.93. The molecule has 122 valence electrons. The van der Waals surface area contributed by atoms with Crippen LogP contribution >= 0.6 is 0 Å². The van der Waals surface area contributed by atoms with E-state index in [1.54, 1.807) is 0 Å². The Hall–Kier alpha value is -1.61. The number of carbonyl (C=O) groups excluding carboxylic acids is 1. The molecule has 22 heavy (non-hydrogen) atoms. The first-order chi connectivity index (χ1) is 10.5. The number of likely N-dealkylation sites (N-methyl/N-ethyl adjacent to an activating group) is 1. The number of hydrogen-bond acceptors (Lipinski definition) is 2. The van der Waals surface area contributed by atoms with Crippen molar-refractivity contribution in [1.82, 2.24) is 0 Å². The van der Waals surface area contributed by atoms with E-state index in [9.17, 15) is 4.79 Å². The highest BCUT2D eigenvalue weighted by Gasteiger charge is 2.29. The van der Waals surface area contributed by atoms with Gasteiger partial charge < -0.3 is 9.22 Å². The van der Waals surface area contributed by atoms with Crippen LogP contribution in [0.15, 0.2) is 43.0 Å². The summed E-state index contributed by atoms with van der Waals surface area (Å²) in [7, 11) is 0. The van der Waals surface area contributed by atoms with E-state index in [4.69, 9.17) is 4.74 Å². The van der Waals surface area contributed by atoms with E-state index in [2.05, 4.69) is 44.7 Å². The molecule has 0 aromatic heterocycles. The summed E-state index contributed by atoms with van der Waals surface area (Å²) in [6.07, 6.45) is 3.49. The number of unbranched alkanes of at least 4 members (excludes halogenated alkanes) is 1.